The van der Waals surface area contributed by atoms with Gasteiger partial charge in [-0.3, -0.25) is 10.1 Å². The average molecular weight is 331 g/mol. The lowest BCUT2D eigenvalue weighted by Gasteiger charge is -2.28. The van der Waals surface area contributed by atoms with E-state index in [4.69, 9.17) is 11.6 Å². The van der Waals surface area contributed by atoms with E-state index >= 15 is 0 Å². The second-order valence-electron chi connectivity index (χ2n) is 5.46. The smallest absolute Gasteiger partial charge is 0.339 e. The summed E-state index contributed by atoms with van der Waals surface area (Å²) in [5.74, 6) is -0.808. The van der Waals surface area contributed by atoms with Gasteiger partial charge in [0.15, 0.2) is 0 Å². The topological polar surface area (TPSA) is 102 Å². The van der Waals surface area contributed by atoms with E-state index in [0.717, 1.165) is 13.2 Å². The molecule has 2 N–H and O–H groups in total. The predicted molar refractivity (Wildman–Crippen MR) is 83.4 cm³/mol. The third kappa shape index (κ3) is 4.08. The first-order chi connectivity index (χ1) is 10.1. The Hall–Kier alpha value is -1.86. The Balaban J connectivity index is 3.17. The number of nitro groups is 1. The highest BCUT2D eigenvalue weighted by atomic mass is 35.5. The van der Waals surface area contributed by atoms with Gasteiger partial charge >= 0.3 is 5.97 Å². The Kier molecular flexibility index (Phi) is 5.73. The van der Waals surface area contributed by atoms with Crippen LogP contribution in [0.25, 0.3) is 0 Å². The Labute approximate surface area is 133 Å². The van der Waals surface area contributed by atoms with Crippen molar-refractivity contribution in [3.8, 4) is 0 Å². The standard InChI is InChI=1S/C14H19ClN2O5/c1-8(2)14(3,19)7-16-11-6-10(15)9(13(18)22-4)5-12(11)17(20)21/h5-6,8,16,19H,7H2,1-4H3. The van der Waals surface area contributed by atoms with Gasteiger partial charge in [-0.25, -0.2) is 4.79 Å². The summed E-state index contributed by atoms with van der Waals surface area (Å²) in [6.45, 7) is 5.40. The van der Waals surface area contributed by atoms with Crippen molar-refractivity contribution in [2.24, 2.45) is 5.92 Å². The number of benzene rings is 1. The van der Waals surface area contributed by atoms with Crippen LogP contribution < -0.4 is 5.32 Å². The maximum absolute atomic E-state index is 11.5. The van der Waals surface area contributed by atoms with Gasteiger partial charge in [0.2, 0.25) is 0 Å². The molecule has 0 aliphatic rings. The van der Waals surface area contributed by atoms with Crippen LogP contribution in [0.5, 0.6) is 0 Å². The number of methoxy groups -OCH3 is 1. The van der Waals surface area contributed by atoms with Gasteiger partial charge in [-0.2, -0.15) is 0 Å². The zero-order chi connectivity index (χ0) is 17.1. The first kappa shape index (κ1) is 18.2. The summed E-state index contributed by atoms with van der Waals surface area (Å²) >= 11 is 5.97. The van der Waals surface area contributed by atoms with Crippen molar-refractivity contribution in [2.75, 3.05) is 19.0 Å². The fourth-order valence-corrected chi connectivity index (χ4v) is 1.84. The molecule has 0 fully saturated rings. The molecule has 0 saturated carbocycles. The SMILES string of the molecule is COC(=O)c1cc([N+](=O)[O-])c(NCC(C)(O)C(C)C)cc1Cl. The fraction of sp³-hybridized carbons (Fsp3) is 0.500. The maximum Gasteiger partial charge on any atom is 0.339 e. The van der Waals surface area contributed by atoms with E-state index in [0.29, 0.717) is 0 Å². The Morgan fingerprint density at radius 1 is 1.55 bits per heavy atom. The van der Waals surface area contributed by atoms with Gasteiger partial charge in [-0.15, -0.1) is 0 Å². The van der Waals surface area contributed by atoms with E-state index < -0.39 is 16.5 Å². The molecule has 0 aromatic heterocycles. The molecule has 22 heavy (non-hydrogen) atoms. The Morgan fingerprint density at radius 3 is 2.59 bits per heavy atom. The van der Waals surface area contributed by atoms with E-state index in [1.807, 2.05) is 13.8 Å². The minimum atomic E-state index is -1.05. The Bertz CT molecular complexity index is 587. The largest absolute Gasteiger partial charge is 0.465 e. The molecule has 0 heterocycles. The van der Waals surface area contributed by atoms with Crippen LogP contribution in [0, 0.1) is 16.0 Å². The molecule has 1 unspecified atom stereocenters. The number of anilines is 1. The summed E-state index contributed by atoms with van der Waals surface area (Å²) in [5.41, 5.74) is -1.33. The minimum absolute atomic E-state index is 0.0316. The van der Waals surface area contributed by atoms with Crippen LogP contribution in [0.2, 0.25) is 5.02 Å². The Morgan fingerprint density at radius 2 is 2.14 bits per heavy atom. The first-order valence-corrected chi connectivity index (χ1v) is 7.00. The number of halogens is 1. The van der Waals surface area contributed by atoms with Gasteiger partial charge in [-0.1, -0.05) is 25.4 Å². The van der Waals surface area contributed by atoms with Crippen LogP contribution in [0.15, 0.2) is 12.1 Å². The number of esters is 1. The quantitative estimate of drug-likeness (QED) is 0.472. The van der Waals surface area contributed by atoms with Crippen LogP contribution in [0.1, 0.15) is 31.1 Å². The number of nitrogens with one attached hydrogen (secondary N) is 1. The number of rotatable bonds is 6. The molecular weight excluding hydrogens is 312 g/mol. The van der Waals surface area contributed by atoms with Gasteiger partial charge in [0.25, 0.3) is 5.69 Å². The van der Waals surface area contributed by atoms with Crippen LogP contribution in [0.4, 0.5) is 11.4 Å². The highest BCUT2D eigenvalue weighted by Crippen LogP contribution is 2.32. The molecule has 1 aromatic rings. The van der Waals surface area contributed by atoms with Crippen LogP contribution in [0.3, 0.4) is 0 Å². The number of nitro benzene ring substituents is 1. The molecule has 1 atom stereocenters. The monoisotopic (exact) mass is 330 g/mol. The molecule has 122 valence electrons. The zero-order valence-electron chi connectivity index (χ0n) is 12.8. The molecule has 0 saturated heterocycles. The molecule has 8 heteroatoms. The highest BCUT2D eigenvalue weighted by molar-refractivity contribution is 6.34. The van der Waals surface area contributed by atoms with E-state index in [2.05, 4.69) is 10.1 Å². The molecule has 7 nitrogen and oxygen atoms in total. The summed E-state index contributed by atoms with van der Waals surface area (Å²) in [6, 6.07) is 2.34. The number of nitrogens with zero attached hydrogens (tertiary/aromatic N) is 1. The normalized spacial score (nSPS) is 13.6. The highest BCUT2D eigenvalue weighted by Gasteiger charge is 2.27. The van der Waals surface area contributed by atoms with Crippen molar-refractivity contribution in [3.05, 3.63) is 32.8 Å². The van der Waals surface area contributed by atoms with E-state index in [1.54, 1.807) is 6.92 Å². The van der Waals surface area contributed by atoms with Crippen molar-refractivity contribution in [2.45, 2.75) is 26.4 Å². The van der Waals surface area contributed by atoms with Gasteiger partial charge < -0.3 is 15.2 Å². The third-order valence-electron chi connectivity index (χ3n) is 3.57. The lowest BCUT2D eigenvalue weighted by atomic mass is 9.92. The predicted octanol–water partition coefficient (Wildman–Crippen LogP) is 2.85. The fourth-order valence-electron chi connectivity index (χ4n) is 1.60. The molecule has 0 radical (unpaired) electrons. The number of carbonyl (C=O) groups is 1. The second-order valence-corrected chi connectivity index (χ2v) is 5.87. The van der Waals surface area contributed by atoms with Crippen molar-refractivity contribution in [1.29, 1.82) is 0 Å². The molecule has 0 amide bonds. The summed E-state index contributed by atoms with van der Waals surface area (Å²) < 4.78 is 4.53. The van der Waals surface area contributed by atoms with Crippen LogP contribution in [-0.2, 0) is 4.74 Å². The van der Waals surface area contributed by atoms with Gasteiger partial charge in [-0.05, 0) is 18.9 Å². The summed E-state index contributed by atoms with van der Waals surface area (Å²) in [4.78, 5) is 22.1. The maximum atomic E-state index is 11.5. The minimum Gasteiger partial charge on any atom is -0.465 e. The van der Waals surface area contributed by atoms with Gasteiger partial charge in [0.05, 0.1) is 28.2 Å². The van der Waals surface area contributed by atoms with E-state index in [1.165, 1.54) is 6.07 Å². The first-order valence-electron chi connectivity index (χ1n) is 6.62. The lowest BCUT2D eigenvalue weighted by Crippen LogP contribution is -2.38. The number of hydrogen-bond donors (Lipinski definition) is 2. The second kappa shape index (κ2) is 6.93. The average Bonchev–Trinajstić information content (AvgIpc) is 2.43. The van der Waals surface area contributed by atoms with Crippen molar-refractivity contribution in [3.63, 3.8) is 0 Å². The summed E-state index contributed by atoms with van der Waals surface area (Å²) in [5, 5.41) is 24.2. The van der Waals surface area contributed by atoms with Gasteiger partial charge in [0, 0.05) is 12.6 Å². The van der Waals surface area contributed by atoms with Crippen molar-refractivity contribution >= 4 is 28.9 Å². The number of carbonyl (C=O) groups excluding carboxylic acids is 1. The van der Waals surface area contributed by atoms with Gasteiger partial charge in [0.1, 0.15) is 5.69 Å². The number of hydrogen-bond acceptors (Lipinski definition) is 6. The molecule has 0 bridgehead atoms. The summed E-state index contributed by atoms with van der Waals surface area (Å²) in [6.07, 6.45) is 0. The van der Waals surface area contributed by atoms with E-state index in [9.17, 15) is 20.0 Å². The molecule has 0 aliphatic carbocycles. The van der Waals surface area contributed by atoms with E-state index in [-0.39, 0.29) is 34.4 Å². The zero-order valence-corrected chi connectivity index (χ0v) is 13.6. The number of ether oxygens (including phenoxy) is 1. The molecular formula is C14H19ClN2O5. The molecule has 0 aliphatic heterocycles. The van der Waals surface area contributed by atoms with Crippen molar-refractivity contribution in [1.82, 2.24) is 0 Å². The lowest BCUT2D eigenvalue weighted by molar-refractivity contribution is -0.384. The number of aliphatic hydroxyl groups is 1. The third-order valence-corrected chi connectivity index (χ3v) is 3.88. The van der Waals surface area contributed by atoms with Crippen LogP contribution in [-0.4, -0.2) is 35.3 Å². The van der Waals surface area contributed by atoms with Crippen molar-refractivity contribution < 1.29 is 19.6 Å². The molecule has 1 rings (SSSR count). The molecule has 0 spiro atoms. The van der Waals surface area contributed by atoms with Crippen LogP contribution >= 0.6 is 11.6 Å². The summed E-state index contributed by atoms with van der Waals surface area (Å²) in [7, 11) is 1.16. The molecule has 1 aromatic carbocycles.